The Bertz CT molecular complexity index is 343. The van der Waals surface area contributed by atoms with Gasteiger partial charge in [-0.1, -0.05) is 6.07 Å². The zero-order valence-electron chi connectivity index (χ0n) is 9.33. The van der Waals surface area contributed by atoms with Crippen LogP contribution in [0, 0.1) is 10.5 Å². The van der Waals surface area contributed by atoms with E-state index in [1.54, 1.807) is 0 Å². The SMILES string of the molecule is Cc1ccc(I)cc1N1CCN(C)CC1. The minimum absolute atomic E-state index is 1.15. The highest BCUT2D eigenvalue weighted by molar-refractivity contribution is 14.1. The molecule has 2 nitrogen and oxygen atoms in total. The maximum absolute atomic E-state index is 2.50. The lowest BCUT2D eigenvalue weighted by molar-refractivity contribution is 0.312. The fourth-order valence-corrected chi connectivity index (χ4v) is 2.45. The first kappa shape index (κ1) is 11.2. The van der Waals surface area contributed by atoms with Crippen molar-refractivity contribution in [3.05, 3.63) is 27.3 Å². The van der Waals surface area contributed by atoms with Gasteiger partial charge in [-0.25, -0.2) is 0 Å². The van der Waals surface area contributed by atoms with E-state index in [0.717, 1.165) is 13.1 Å². The number of piperazine rings is 1. The molecule has 1 aromatic carbocycles. The summed E-state index contributed by atoms with van der Waals surface area (Å²) in [6.45, 7) is 6.84. The zero-order chi connectivity index (χ0) is 10.8. The third kappa shape index (κ3) is 2.64. The number of benzene rings is 1. The summed E-state index contributed by atoms with van der Waals surface area (Å²) in [7, 11) is 2.19. The molecule has 0 amide bonds. The summed E-state index contributed by atoms with van der Waals surface area (Å²) in [5.41, 5.74) is 2.80. The van der Waals surface area contributed by atoms with E-state index in [0.29, 0.717) is 0 Å². The van der Waals surface area contributed by atoms with E-state index in [9.17, 15) is 0 Å². The molecule has 3 heteroatoms. The van der Waals surface area contributed by atoms with Crippen molar-refractivity contribution in [2.75, 3.05) is 38.1 Å². The molecule has 82 valence electrons. The number of likely N-dealkylation sites (N-methyl/N-ethyl adjacent to an activating group) is 1. The van der Waals surface area contributed by atoms with Crippen molar-refractivity contribution in [3.63, 3.8) is 0 Å². The van der Waals surface area contributed by atoms with Crippen LogP contribution in [0.5, 0.6) is 0 Å². The Morgan fingerprint density at radius 3 is 2.47 bits per heavy atom. The first-order chi connectivity index (χ1) is 7.16. The molecule has 1 saturated heterocycles. The molecular formula is C12H17IN2. The highest BCUT2D eigenvalue weighted by Crippen LogP contribution is 2.23. The summed E-state index contributed by atoms with van der Waals surface area (Å²) >= 11 is 2.39. The van der Waals surface area contributed by atoms with Crippen LogP contribution in [-0.2, 0) is 0 Å². The van der Waals surface area contributed by atoms with E-state index in [4.69, 9.17) is 0 Å². The highest BCUT2D eigenvalue weighted by atomic mass is 127. The predicted molar refractivity (Wildman–Crippen MR) is 73.6 cm³/mol. The van der Waals surface area contributed by atoms with Gasteiger partial charge in [-0.3, -0.25) is 0 Å². The molecule has 2 rings (SSSR count). The van der Waals surface area contributed by atoms with Gasteiger partial charge in [0.15, 0.2) is 0 Å². The molecule has 0 saturated carbocycles. The lowest BCUT2D eigenvalue weighted by Gasteiger charge is -2.35. The lowest BCUT2D eigenvalue weighted by atomic mass is 10.1. The van der Waals surface area contributed by atoms with Gasteiger partial charge in [0, 0.05) is 35.4 Å². The van der Waals surface area contributed by atoms with Crippen molar-refractivity contribution in [1.82, 2.24) is 4.90 Å². The molecule has 0 aromatic heterocycles. The molecule has 1 aliphatic rings. The second-order valence-corrected chi connectivity index (χ2v) is 5.47. The summed E-state index contributed by atoms with van der Waals surface area (Å²) in [5, 5.41) is 0. The second kappa shape index (κ2) is 4.70. The standard InChI is InChI=1S/C12H17IN2/c1-10-3-4-11(13)9-12(10)15-7-5-14(2)6-8-15/h3-4,9H,5-8H2,1-2H3. The predicted octanol–water partition coefficient (Wildman–Crippen LogP) is 2.35. The van der Waals surface area contributed by atoms with E-state index in [1.807, 2.05) is 0 Å². The van der Waals surface area contributed by atoms with Crippen LogP contribution in [0.15, 0.2) is 18.2 Å². The second-order valence-electron chi connectivity index (χ2n) is 4.22. The van der Waals surface area contributed by atoms with Crippen molar-refractivity contribution < 1.29 is 0 Å². The van der Waals surface area contributed by atoms with Gasteiger partial charge in [0.05, 0.1) is 0 Å². The van der Waals surface area contributed by atoms with Crippen LogP contribution in [0.2, 0.25) is 0 Å². The van der Waals surface area contributed by atoms with Crippen LogP contribution < -0.4 is 4.90 Å². The monoisotopic (exact) mass is 316 g/mol. The Labute approximate surface area is 105 Å². The molecule has 0 radical (unpaired) electrons. The first-order valence-corrected chi connectivity index (χ1v) is 6.44. The third-order valence-electron chi connectivity index (χ3n) is 3.02. The quantitative estimate of drug-likeness (QED) is 0.734. The molecule has 1 aromatic rings. The smallest absolute Gasteiger partial charge is 0.0407 e. The molecule has 0 N–H and O–H groups in total. The summed E-state index contributed by atoms with van der Waals surface area (Å²) in [6, 6.07) is 6.69. The van der Waals surface area contributed by atoms with Crippen LogP contribution in [-0.4, -0.2) is 38.1 Å². The molecule has 0 aliphatic carbocycles. The van der Waals surface area contributed by atoms with Gasteiger partial charge < -0.3 is 9.80 Å². The maximum Gasteiger partial charge on any atom is 0.0407 e. The zero-order valence-corrected chi connectivity index (χ0v) is 11.5. The lowest BCUT2D eigenvalue weighted by Crippen LogP contribution is -2.44. The Morgan fingerprint density at radius 1 is 1.13 bits per heavy atom. The number of rotatable bonds is 1. The van der Waals surface area contributed by atoms with Crippen LogP contribution in [0.3, 0.4) is 0 Å². The molecule has 15 heavy (non-hydrogen) atoms. The Kier molecular flexibility index (Phi) is 3.51. The Morgan fingerprint density at radius 2 is 1.80 bits per heavy atom. The number of aryl methyl sites for hydroxylation is 1. The van der Waals surface area contributed by atoms with Crippen LogP contribution >= 0.6 is 22.6 Å². The first-order valence-electron chi connectivity index (χ1n) is 5.36. The van der Waals surface area contributed by atoms with Gasteiger partial charge in [0.1, 0.15) is 0 Å². The van der Waals surface area contributed by atoms with Crippen LogP contribution in [0.25, 0.3) is 0 Å². The van der Waals surface area contributed by atoms with E-state index < -0.39 is 0 Å². The highest BCUT2D eigenvalue weighted by Gasteiger charge is 2.15. The van der Waals surface area contributed by atoms with Gasteiger partial charge in [0.25, 0.3) is 0 Å². The fraction of sp³-hybridized carbons (Fsp3) is 0.500. The normalized spacial score (nSPS) is 18.2. The van der Waals surface area contributed by atoms with Gasteiger partial charge in [-0.05, 0) is 54.3 Å². The molecule has 0 unspecified atom stereocenters. The van der Waals surface area contributed by atoms with Crippen molar-refractivity contribution in [3.8, 4) is 0 Å². The Balaban J connectivity index is 2.18. The van der Waals surface area contributed by atoms with E-state index >= 15 is 0 Å². The van der Waals surface area contributed by atoms with Gasteiger partial charge >= 0.3 is 0 Å². The van der Waals surface area contributed by atoms with E-state index in [-0.39, 0.29) is 0 Å². The largest absolute Gasteiger partial charge is 0.369 e. The summed E-state index contributed by atoms with van der Waals surface area (Å²) in [6.07, 6.45) is 0. The number of hydrogen-bond acceptors (Lipinski definition) is 2. The minimum atomic E-state index is 1.15. The van der Waals surface area contributed by atoms with Crippen molar-refractivity contribution in [2.45, 2.75) is 6.92 Å². The maximum atomic E-state index is 2.50. The summed E-state index contributed by atoms with van der Waals surface area (Å²) in [4.78, 5) is 4.89. The average Bonchev–Trinajstić information content (AvgIpc) is 2.23. The summed E-state index contributed by atoms with van der Waals surface area (Å²) in [5.74, 6) is 0. The van der Waals surface area contributed by atoms with E-state index in [2.05, 4.69) is 64.6 Å². The van der Waals surface area contributed by atoms with Gasteiger partial charge in [-0.2, -0.15) is 0 Å². The molecule has 0 atom stereocenters. The topological polar surface area (TPSA) is 6.48 Å². The minimum Gasteiger partial charge on any atom is -0.369 e. The van der Waals surface area contributed by atoms with Crippen LogP contribution in [0.1, 0.15) is 5.56 Å². The van der Waals surface area contributed by atoms with Crippen molar-refractivity contribution in [1.29, 1.82) is 0 Å². The van der Waals surface area contributed by atoms with Crippen molar-refractivity contribution >= 4 is 28.3 Å². The molecular weight excluding hydrogens is 299 g/mol. The Hall–Kier alpha value is -0.290. The van der Waals surface area contributed by atoms with E-state index in [1.165, 1.54) is 27.9 Å². The summed E-state index contributed by atoms with van der Waals surface area (Å²) < 4.78 is 1.33. The fourth-order valence-electron chi connectivity index (χ4n) is 1.97. The molecule has 1 heterocycles. The molecule has 1 fully saturated rings. The molecule has 1 aliphatic heterocycles. The van der Waals surface area contributed by atoms with Crippen molar-refractivity contribution in [2.24, 2.45) is 0 Å². The number of hydrogen-bond donors (Lipinski definition) is 0. The molecule has 0 bridgehead atoms. The van der Waals surface area contributed by atoms with Gasteiger partial charge in [0.2, 0.25) is 0 Å². The molecule has 0 spiro atoms. The average molecular weight is 316 g/mol. The number of nitrogens with zero attached hydrogens (tertiary/aromatic N) is 2. The number of halogens is 1. The van der Waals surface area contributed by atoms with Gasteiger partial charge in [-0.15, -0.1) is 0 Å². The third-order valence-corrected chi connectivity index (χ3v) is 3.69. The number of anilines is 1. The van der Waals surface area contributed by atoms with Crippen LogP contribution in [0.4, 0.5) is 5.69 Å².